The fourth-order valence-corrected chi connectivity index (χ4v) is 2.52. The maximum absolute atomic E-state index is 5.95. The third-order valence-electron chi connectivity index (χ3n) is 3.28. The summed E-state index contributed by atoms with van der Waals surface area (Å²) >= 11 is 3.50. The molecule has 21 heavy (non-hydrogen) atoms. The van der Waals surface area contributed by atoms with Gasteiger partial charge in [-0.25, -0.2) is 0 Å². The van der Waals surface area contributed by atoms with E-state index >= 15 is 0 Å². The minimum atomic E-state index is 0.401. The smallest absolute Gasteiger partial charge is 0.141 e. The van der Waals surface area contributed by atoms with E-state index in [9.17, 15) is 0 Å². The molecule has 2 aromatic rings. The van der Waals surface area contributed by atoms with Crippen LogP contribution in [0.3, 0.4) is 0 Å². The molecule has 0 aliphatic rings. The summed E-state index contributed by atoms with van der Waals surface area (Å²) in [4.78, 5) is 0. The van der Waals surface area contributed by atoms with Crippen LogP contribution in [0.15, 0.2) is 40.9 Å². The summed E-state index contributed by atoms with van der Waals surface area (Å²) in [5, 5.41) is 0. The Bertz CT molecular complexity index is 626. The molecule has 112 valence electrons. The Morgan fingerprint density at radius 2 is 1.81 bits per heavy atom. The molecule has 2 rings (SSSR count). The van der Waals surface area contributed by atoms with Crippen molar-refractivity contribution >= 4 is 21.6 Å². The fourth-order valence-electron chi connectivity index (χ4n) is 2.14. The average Bonchev–Trinajstić information content (AvgIpc) is 2.46. The first kappa shape index (κ1) is 15.7. The van der Waals surface area contributed by atoms with Gasteiger partial charge in [-0.2, -0.15) is 0 Å². The summed E-state index contributed by atoms with van der Waals surface area (Å²) in [6.45, 7) is 4.79. The van der Waals surface area contributed by atoms with Crippen molar-refractivity contribution in [2.75, 3.05) is 12.8 Å². The van der Waals surface area contributed by atoms with E-state index in [1.807, 2.05) is 30.3 Å². The van der Waals surface area contributed by atoms with E-state index in [1.54, 1.807) is 7.11 Å². The molecule has 0 aliphatic heterocycles. The van der Waals surface area contributed by atoms with Crippen LogP contribution in [-0.2, 0) is 6.61 Å². The van der Waals surface area contributed by atoms with E-state index < -0.39 is 0 Å². The predicted octanol–water partition coefficient (Wildman–Crippen LogP) is 4.74. The molecular weight excluding hydrogens is 330 g/mol. The number of hydrogen-bond acceptors (Lipinski definition) is 3. The van der Waals surface area contributed by atoms with Gasteiger partial charge in [0.15, 0.2) is 0 Å². The minimum absolute atomic E-state index is 0.401. The number of nitrogen functional groups attached to an aromatic ring is 1. The van der Waals surface area contributed by atoms with Gasteiger partial charge >= 0.3 is 0 Å². The van der Waals surface area contributed by atoms with Crippen LogP contribution in [0.1, 0.15) is 30.9 Å². The highest BCUT2D eigenvalue weighted by Gasteiger charge is 2.09. The Morgan fingerprint density at radius 1 is 1.10 bits per heavy atom. The molecule has 4 heteroatoms. The van der Waals surface area contributed by atoms with Gasteiger partial charge in [0.1, 0.15) is 18.1 Å². The van der Waals surface area contributed by atoms with Crippen LogP contribution in [0, 0.1) is 0 Å². The van der Waals surface area contributed by atoms with Gasteiger partial charge in [-0.1, -0.05) is 35.8 Å². The van der Waals surface area contributed by atoms with Crippen LogP contribution >= 0.6 is 15.9 Å². The van der Waals surface area contributed by atoms with Gasteiger partial charge in [-0.3, -0.25) is 0 Å². The molecule has 0 fully saturated rings. The molecule has 0 atom stereocenters. The van der Waals surface area contributed by atoms with E-state index in [2.05, 4.69) is 35.8 Å². The topological polar surface area (TPSA) is 44.5 Å². The highest BCUT2D eigenvalue weighted by molar-refractivity contribution is 9.10. The molecule has 0 saturated carbocycles. The van der Waals surface area contributed by atoms with Crippen molar-refractivity contribution < 1.29 is 9.47 Å². The lowest BCUT2D eigenvalue weighted by atomic mass is 10.0. The van der Waals surface area contributed by atoms with Crippen LogP contribution in [0.25, 0.3) is 0 Å². The summed E-state index contributed by atoms with van der Waals surface area (Å²) < 4.78 is 12.2. The van der Waals surface area contributed by atoms with Crippen molar-refractivity contribution in [1.29, 1.82) is 0 Å². The van der Waals surface area contributed by atoms with Gasteiger partial charge in [-0.05, 0) is 47.4 Å². The van der Waals surface area contributed by atoms with E-state index in [0.717, 1.165) is 15.8 Å². The Kier molecular flexibility index (Phi) is 5.12. The van der Waals surface area contributed by atoms with E-state index in [1.165, 1.54) is 5.56 Å². The van der Waals surface area contributed by atoms with Crippen molar-refractivity contribution in [2.24, 2.45) is 0 Å². The summed E-state index contributed by atoms with van der Waals surface area (Å²) in [7, 11) is 1.61. The lowest BCUT2D eigenvalue weighted by molar-refractivity contribution is 0.301. The number of methoxy groups -OCH3 is 1. The molecule has 0 spiro atoms. The van der Waals surface area contributed by atoms with Gasteiger partial charge < -0.3 is 15.2 Å². The number of anilines is 1. The summed E-state index contributed by atoms with van der Waals surface area (Å²) in [5.74, 6) is 1.99. The standard InChI is InChI=1S/C17H20BrNO2/c1-11(2)14-9-13(18)5-7-16(14)21-10-12-4-6-17(20-3)15(19)8-12/h4-9,11H,10,19H2,1-3H3. The van der Waals surface area contributed by atoms with Crippen LogP contribution in [0.4, 0.5) is 5.69 Å². The molecule has 0 aliphatic carbocycles. The quantitative estimate of drug-likeness (QED) is 0.792. The van der Waals surface area contributed by atoms with Crippen LogP contribution in [-0.4, -0.2) is 7.11 Å². The van der Waals surface area contributed by atoms with E-state index in [0.29, 0.717) is 24.0 Å². The zero-order valence-corrected chi connectivity index (χ0v) is 14.1. The van der Waals surface area contributed by atoms with Crippen molar-refractivity contribution in [3.8, 4) is 11.5 Å². The van der Waals surface area contributed by atoms with E-state index in [4.69, 9.17) is 15.2 Å². The average molecular weight is 350 g/mol. The normalized spacial score (nSPS) is 10.7. The van der Waals surface area contributed by atoms with Gasteiger partial charge in [0.05, 0.1) is 12.8 Å². The molecule has 0 amide bonds. The molecule has 2 aromatic carbocycles. The Labute approximate surface area is 134 Å². The molecule has 0 heterocycles. The highest BCUT2D eigenvalue weighted by Crippen LogP contribution is 2.30. The summed E-state index contributed by atoms with van der Waals surface area (Å²) in [6.07, 6.45) is 0. The first-order chi connectivity index (χ1) is 10.0. The van der Waals surface area contributed by atoms with Crippen molar-refractivity contribution in [3.05, 3.63) is 52.0 Å². The molecule has 0 radical (unpaired) electrons. The Balaban J connectivity index is 2.15. The Morgan fingerprint density at radius 3 is 2.43 bits per heavy atom. The number of rotatable bonds is 5. The van der Waals surface area contributed by atoms with Gasteiger partial charge in [0, 0.05) is 4.47 Å². The predicted molar refractivity (Wildman–Crippen MR) is 90.0 cm³/mol. The minimum Gasteiger partial charge on any atom is -0.495 e. The number of halogens is 1. The summed E-state index contributed by atoms with van der Waals surface area (Å²) in [6, 6.07) is 11.8. The SMILES string of the molecule is COc1ccc(COc2ccc(Br)cc2C(C)C)cc1N. The molecule has 0 saturated heterocycles. The molecule has 0 bridgehead atoms. The van der Waals surface area contributed by atoms with Crippen molar-refractivity contribution in [3.63, 3.8) is 0 Å². The lowest BCUT2D eigenvalue weighted by Crippen LogP contribution is -2.01. The van der Waals surface area contributed by atoms with Gasteiger partial charge in [0.25, 0.3) is 0 Å². The number of nitrogens with two attached hydrogens (primary N) is 1. The van der Waals surface area contributed by atoms with E-state index in [-0.39, 0.29) is 0 Å². The lowest BCUT2D eigenvalue weighted by Gasteiger charge is -2.15. The van der Waals surface area contributed by atoms with Gasteiger partial charge in [0.2, 0.25) is 0 Å². The maximum Gasteiger partial charge on any atom is 0.141 e. The second-order valence-electron chi connectivity index (χ2n) is 5.20. The molecule has 0 aromatic heterocycles. The first-order valence-electron chi connectivity index (χ1n) is 6.86. The van der Waals surface area contributed by atoms with Crippen LogP contribution < -0.4 is 15.2 Å². The maximum atomic E-state index is 5.95. The fraction of sp³-hybridized carbons (Fsp3) is 0.294. The van der Waals surface area contributed by atoms with Crippen LogP contribution in [0.5, 0.6) is 11.5 Å². The monoisotopic (exact) mass is 349 g/mol. The highest BCUT2D eigenvalue weighted by atomic mass is 79.9. The third-order valence-corrected chi connectivity index (χ3v) is 3.78. The number of benzene rings is 2. The number of ether oxygens (including phenoxy) is 2. The van der Waals surface area contributed by atoms with Crippen LogP contribution in [0.2, 0.25) is 0 Å². The second kappa shape index (κ2) is 6.85. The third kappa shape index (κ3) is 3.91. The Hall–Kier alpha value is -1.68. The molecular formula is C17H20BrNO2. The molecule has 3 nitrogen and oxygen atoms in total. The second-order valence-corrected chi connectivity index (χ2v) is 6.12. The van der Waals surface area contributed by atoms with Crippen molar-refractivity contribution in [2.45, 2.75) is 26.4 Å². The summed E-state index contributed by atoms with van der Waals surface area (Å²) in [5.41, 5.74) is 8.74. The largest absolute Gasteiger partial charge is 0.495 e. The zero-order valence-electron chi connectivity index (χ0n) is 12.5. The zero-order chi connectivity index (χ0) is 15.4. The number of hydrogen-bond donors (Lipinski definition) is 1. The molecule has 2 N–H and O–H groups in total. The first-order valence-corrected chi connectivity index (χ1v) is 7.65. The molecule has 0 unspecified atom stereocenters. The van der Waals surface area contributed by atoms with Gasteiger partial charge in [-0.15, -0.1) is 0 Å². The van der Waals surface area contributed by atoms with Crippen molar-refractivity contribution in [1.82, 2.24) is 0 Å².